The Bertz CT molecular complexity index is 1180. The van der Waals surface area contributed by atoms with E-state index in [0.29, 0.717) is 25.4 Å². The highest BCUT2D eigenvalue weighted by Gasteiger charge is 2.31. The molecule has 3 aromatic rings. The van der Waals surface area contributed by atoms with Crippen molar-refractivity contribution >= 4 is 17.7 Å². The smallest absolute Gasteiger partial charge is 0.349 e. The standard InChI is InChI=1S/C33H42N2O4/c1-5-7-8-9-15-24-35(25-26-20-22-28(23-21-26)39-33(3,4)31(36)38-6-2)32(37)34-30-19-14-13-18-29(30)27-16-11-10-12-17-27/h10-14,16-23H,5-9,15,24-25H2,1-4H3,(H,34,37). The molecule has 3 aromatic carbocycles. The second-order valence-corrected chi connectivity index (χ2v) is 10.2. The van der Waals surface area contributed by atoms with Crippen molar-refractivity contribution in [1.82, 2.24) is 4.90 Å². The number of hydrogen-bond acceptors (Lipinski definition) is 4. The van der Waals surface area contributed by atoms with Gasteiger partial charge in [0.2, 0.25) is 0 Å². The van der Waals surface area contributed by atoms with Gasteiger partial charge in [0.1, 0.15) is 5.75 Å². The van der Waals surface area contributed by atoms with Crippen LogP contribution >= 0.6 is 0 Å². The van der Waals surface area contributed by atoms with Crippen molar-refractivity contribution in [2.75, 3.05) is 18.5 Å². The lowest BCUT2D eigenvalue weighted by atomic mass is 10.0. The Morgan fingerprint density at radius 3 is 2.18 bits per heavy atom. The zero-order valence-electron chi connectivity index (χ0n) is 23.7. The van der Waals surface area contributed by atoms with Crippen LogP contribution in [-0.4, -0.2) is 35.7 Å². The predicted molar refractivity (Wildman–Crippen MR) is 158 cm³/mol. The molecule has 0 unspecified atom stereocenters. The Hall–Kier alpha value is -3.80. The topological polar surface area (TPSA) is 67.9 Å². The number of rotatable bonds is 14. The number of nitrogens with one attached hydrogen (secondary N) is 1. The van der Waals surface area contributed by atoms with Gasteiger partial charge in [0.05, 0.1) is 12.3 Å². The molecule has 0 aliphatic carbocycles. The summed E-state index contributed by atoms with van der Waals surface area (Å²) in [6.07, 6.45) is 5.60. The van der Waals surface area contributed by atoms with E-state index in [1.54, 1.807) is 20.8 Å². The number of ether oxygens (including phenoxy) is 2. The summed E-state index contributed by atoms with van der Waals surface area (Å²) in [7, 11) is 0. The van der Waals surface area contributed by atoms with Crippen molar-refractivity contribution in [2.45, 2.75) is 71.9 Å². The first-order valence-electron chi connectivity index (χ1n) is 14.0. The molecule has 0 fully saturated rings. The third-order valence-electron chi connectivity index (χ3n) is 6.51. The minimum Gasteiger partial charge on any atom is -0.476 e. The van der Waals surface area contributed by atoms with Crippen LogP contribution in [0.5, 0.6) is 5.75 Å². The molecule has 0 atom stereocenters. The summed E-state index contributed by atoms with van der Waals surface area (Å²) in [6.45, 7) is 8.79. The zero-order chi connectivity index (χ0) is 28.1. The van der Waals surface area contributed by atoms with Crippen LogP contribution in [-0.2, 0) is 16.1 Å². The molecule has 0 aliphatic rings. The van der Waals surface area contributed by atoms with Gasteiger partial charge >= 0.3 is 12.0 Å². The molecule has 0 saturated carbocycles. The molecule has 6 nitrogen and oxygen atoms in total. The number of unbranched alkanes of at least 4 members (excludes halogenated alkanes) is 4. The molecule has 1 N–H and O–H groups in total. The summed E-state index contributed by atoms with van der Waals surface area (Å²) in [5.41, 5.74) is 2.72. The number of esters is 1. The van der Waals surface area contributed by atoms with Crippen LogP contribution in [0.25, 0.3) is 11.1 Å². The Kier molecular flexibility index (Phi) is 11.4. The van der Waals surface area contributed by atoms with Gasteiger partial charge in [-0.1, -0.05) is 93.3 Å². The number of hydrogen-bond donors (Lipinski definition) is 1. The first-order valence-corrected chi connectivity index (χ1v) is 14.0. The lowest BCUT2D eigenvalue weighted by Gasteiger charge is -2.25. The van der Waals surface area contributed by atoms with Gasteiger partial charge in [-0.25, -0.2) is 9.59 Å². The van der Waals surface area contributed by atoms with Gasteiger partial charge in [0.15, 0.2) is 5.60 Å². The first kappa shape index (κ1) is 29.8. The fourth-order valence-electron chi connectivity index (χ4n) is 4.34. The molecule has 0 bridgehead atoms. The minimum atomic E-state index is -1.09. The SMILES string of the molecule is CCCCCCCN(Cc1ccc(OC(C)(C)C(=O)OCC)cc1)C(=O)Nc1ccccc1-c1ccccc1. The monoisotopic (exact) mass is 530 g/mol. The number of anilines is 1. The van der Waals surface area contributed by atoms with E-state index in [1.165, 1.54) is 19.3 Å². The van der Waals surface area contributed by atoms with Crippen molar-refractivity contribution in [3.8, 4) is 16.9 Å². The van der Waals surface area contributed by atoms with Gasteiger partial charge in [0.25, 0.3) is 0 Å². The maximum absolute atomic E-state index is 13.6. The van der Waals surface area contributed by atoms with Crippen LogP contribution in [0.3, 0.4) is 0 Å². The molecule has 2 amide bonds. The number of carbonyl (C=O) groups excluding carboxylic acids is 2. The average Bonchev–Trinajstić information content (AvgIpc) is 2.94. The Balaban J connectivity index is 1.73. The maximum Gasteiger partial charge on any atom is 0.349 e. The number of urea groups is 1. The summed E-state index contributed by atoms with van der Waals surface area (Å²) >= 11 is 0. The van der Waals surface area contributed by atoms with Crippen LogP contribution in [0.1, 0.15) is 65.4 Å². The van der Waals surface area contributed by atoms with E-state index in [-0.39, 0.29) is 6.03 Å². The van der Waals surface area contributed by atoms with E-state index in [4.69, 9.17) is 9.47 Å². The van der Waals surface area contributed by atoms with Gasteiger partial charge in [-0.2, -0.15) is 0 Å². The van der Waals surface area contributed by atoms with Crippen LogP contribution in [0, 0.1) is 0 Å². The normalized spacial score (nSPS) is 11.1. The molecule has 0 aliphatic heterocycles. The Labute approximate surface area is 233 Å². The van der Waals surface area contributed by atoms with Gasteiger partial charge in [-0.05, 0) is 56.5 Å². The molecule has 0 aromatic heterocycles. The zero-order valence-corrected chi connectivity index (χ0v) is 23.7. The van der Waals surface area contributed by atoms with E-state index in [1.807, 2.05) is 83.8 Å². The number of para-hydroxylation sites is 1. The molecule has 3 rings (SSSR count). The van der Waals surface area contributed by atoms with Crippen molar-refractivity contribution in [1.29, 1.82) is 0 Å². The number of amides is 2. The van der Waals surface area contributed by atoms with E-state index < -0.39 is 11.6 Å². The van der Waals surface area contributed by atoms with Gasteiger partial charge < -0.3 is 19.7 Å². The third kappa shape index (κ3) is 9.17. The molecule has 6 heteroatoms. The highest BCUT2D eigenvalue weighted by molar-refractivity contribution is 5.94. The van der Waals surface area contributed by atoms with Gasteiger partial charge in [0, 0.05) is 18.7 Å². The molecule has 0 saturated heterocycles. The highest BCUT2D eigenvalue weighted by Crippen LogP contribution is 2.28. The highest BCUT2D eigenvalue weighted by atomic mass is 16.6. The van der Waals surface area contributed by atoms with E-state index in [9.17, 15) is 9.59 Å². The Morgan fingerprint density at radius 2 is 1.49 bits per heavy atom. The van der Waals surface area contributed by atoms with Gasteiger partial charge in [-0.15, -0.1) is 0 Å². The van der Waals surface area contributed by atoms with E-state index in [2.05, 4.69) is 12.2 Å². The Morgan fingerprint density at radius 1 is 0.821 bits per heavy atom. The summed E-state index contributed by atoms with van der Waals surface area (Å²) in [5.74, 6) is 0.167. The average molecular weight is 531 g/mol. The van der Waals surface area contributed by atoms with Crippen LogP contribution < -0.4 is 10.1 Å². The molecular weight excluding hydrogens is 488 g/mol. The molecule has 0 radical (unpaired) electrons. The lowest BCUT2D eigenvalue weighted by Crippen LogP contribution is -2.39. The van der Waals surface area contributed by atoms with Crippen molar-refractivity contribution < 1.29 is 19.1 Å². The fraction of sp³-hybridized carbons (Fsp3) is 0.394. The number of carbonyl (C=O) groups is 2. The van der Waals surface area contributed by atoms with Crippen molar-refractivity contribution in [2.24, 2.45) is 0 Å². The summed E-state index contributed by atoms with van der Waals surface area (Å²) in [5, 5.41) is 3.16. The second kappa shape index (κ2) is 15.0. The molecule has 39 heavy (non-hydrogen) atoms. The maximum atomic E-state index is 13.6. The predicted octanol–water partition coefficient (Wildman–Crippen LogP) is 8.08. The summed E-state index contributed by atoms with van der Waals surface area (Å²) < 4.78 is 11.0. The second-order valence-electron chi connectivity index (χ2n) is 10.2. The first-order chi connectivity index (χ1) is 18.8. The number of nitrogens with zero attached hydrogens (tertiary/aromatic N) is 1. The van der Waals surface area contributed by atoms with Crippen molar-refractivity contribution in [3.63, 3.8) is 0 Å². The number of benzene rings is 3. The minimum absolute atomic E-state index is 0.127. The molecule has 0 spiro atoms. The molecule has 0 heterocycles. The summed E-state index contributed by atoms with van der Waals surface area (Å²) in [4.78, 5) is 27.6. The third-order valence-corrected chi connectivity index (χ3v) is 6.51. The fourth-order valence-corrected chi connectivity index (χ4v) is 4.34. The van der Waals surface area contributed by atoms with Crippen LogP contribution in [0.4, 0.5) is 10.5 Å². The summed E-state index contributed by atoms with van der Waals surface area (Å²) in [6, 6.07) is 25.4. The lowest BCUT2D eigenvalue weighted by molar-refractivity contribution is -0.158. The molecule has 208 valence electrons. The quantitative estimate of drug-likeness (QED) is 0.169. The largest absolute Gasteiger partial charge is 0.476 e. The molecular formula is C33H42N2O4. The van der Waals surface area contributed by atoms with Crippen LogP contribution in [0.15, 0.2) is 78.9 Å². The van der Waals surface area contributed by atoms with Crippen molar-refractivity contribution in [3.05, 3.63) is 84.4 Å². The van der Waals surface area contributed by atoms with Crippen LogP contribution in [0.2, 0.25) is 0 Å². The van der Waals surface area contributed by atoms with E-state index in [0.717, 1.165) is 35.2 Å². The van der Waals surface area contributed by atoms with E-state index >= 15 is 0 Å². The van der Waals surface area contributed by atoms with Gasteiger partial charge in [-0.3, -0.25) is 0 Å².